The Hall–Kier alpha value is -1.62. The van der Waals surface area contributed by atoms with Crippen LogP contribution >= 0.6 is 0 Å². The molecule has 2 rings (SSSR count). The molecule has 1 aliphatic rings. The number of ether oxygens (including phenoxy) is 1. The SMILES string of the molecule is C[C@H](O)c1ccc(OCC(=O)NCC2CC2)cc1F. The summed E-state index contributed by atoms with van der Waals surface area (Å²) in [6.45, 7) is 2.06. The minimum Gasteiger partial charge on any atom is -0.484 e. The molecule has 0 radical (unpaired) electrons. The average Bonchev–Trinajstić information content (AvgIpc) is 3.17. The maximum Gasteiger partial charge on any atom is 0.257 e. The third-order valence-electron chi connectivity index (χ3n) is 3.08. The molecule has 1 atom stereocenters. The quantitative estimate of drug-likeness (QED) is 0.826. The summed E-state index contributed by atoms with van der Waals surface area (Å²) < 4.78 is 18.7. The number of aliphatic hydroxyl groups is 1. The Morgan fingerprint density at radius 2 is 2.32 bits per heavy atom. The van der Waals surface area contributed by atoms with Crippen molar-refractivity contribution in [3.8, 4) is 5.75 Å². The standard InChI is InChI=1S/C14H18FNO3/c1-9(17)12-5-4-11(6-13(12)15)19-8-14(18)16-7-10-2-3-10/h4-6,9-10,17H,2-3,7-8H2,1H3,(H,16,18)/t9-/m0/s1. The summed E-state index contributed by atoms with van der Waals surface area (Å²) in [7, 11) is 0. The maximum atomic E-state index is 13.5. The molecule has 0 aromatic heterocycles. The zero-order valence-electron chi connectivity index (χ0n) is 10.9. The van der Waals surface area contributed by atoms with Gasteiger partial charge in [-0.1, -0.05) is 0 Å². The summed E-state index contributed by atoms with van der Waals surface area (Å²) in [5.74, 6) is 0.160. The second kappa shape index (κ2) is 6.02. The molecule has 1 aromatic rings. The highest BCUT2D eigenvalue weighted by molar-refractivity contribution is 5.77. The lowest BCUT2D eigenvalue weighted by Gasteiger charge is -2.10. The first-order valence-electron chi connectivity index (χ1n) is 6.43. The van der Waals surface area contributed by atoms with Crippen LogP contribution in [-0.4, -0.2) is 24.2 Å². The van der Waals surface area contributed by atoms with Crippen LogP contribution in [0.1, 0.15) is 31.4 Å². The van der Waals surface area contributed by atoms with Gasteiger partial charge in [-0.3, -0.25) is 4.79 Å². The smallest absolute Gasteiger partial charge is 0.257 e. The normalized spacial score (nSPS) is 15.9. The zero-order chi connectivity index (χ0) is 13.8. The molecule has 5 heteroatoms. The van der Waals surface area contributed by atoms with Crippen molar-refractivity contribution in [2.45, 2.75) is 25.9 Å². The molecular formula is C14H18FNO3. The highest BCUT2D eigenvalue weighted by Crippen LogP contribution is 2.27. The summed E-state index contributed by atoms with van der Waals surface area (Å²) in [6.07, 6.45) is 1.48. The molecule has 104 valence electrons. The molecular weight excluding hydrogens is 249 g/mol. The zero-order valence-corrected chi connectivity index (χ0v) is 10.9. The number of benzene rings is 1. The fraction of sp³-hybridized carbons (Fsp3) is 0.500. The molecule has 0 heterocycles. The second-order valence-corrected chi connectivity index (χ2v) is 4.90. The molecule has 2 N–H and O–H groups in total. The minimum absolute atomic E-state index is 0.125. The molecule has 4 nitrogen and oxygen atoms in total. The number of hydrogen-bond donors (Lipinski definition) is 2. The van der Waals surface area contributed by atoms with Gasteiger partial charge in [-0.15, -0.1) is 0 Å². The van der Waals surface area contributed by atoms with Crippen molar-refractivity contribution in [3.05, 3.63) is 29.6 Å². The Morgan fingerprint density at radius 3 is 2.89 bits per heavy atom. The highest BCUT2D eigenvalue weighted by atomic mass is 19.1. The molecule has 19 heavy (non-hydrogen) atoms. The number of aliphatic hydroxyl groups excluding tert-OH is 1. The van der Waals surface area contributed by atoms with Crippen molar-refractivity contribution in [2.75, 3.05) is 13.2 Å². The van der Waals surface area contributed by atoms with Crippen LogP contribution < -0.4 is 10.1 Å². The first-order chi connectivity index (χ1) is 9.06. The summed E-state index contributed by atoms with van der Waals surface area (Å²) in [5, 5.41) is 12.1. The van der Waals surface area contributed by atoms with Crippen LogP contribution in [0.3, 0.4) is 0 Å². The van der Waals surface area contributed by atoms with E-state index in [0.717, 1.165) is 0 Å². The van der Waals surface area contributed by atoms with Gasteiger partial charge >= 0.3 is 0 Å². The van der Waals surface area contributed by atoms with Crippen LogP contribution in [-0.2, 0) is 4.79 Å². The van der Waals surface area contributed by atoms with Crippen molar-refractivity contribution in [3.63, 3.8) is 0 Å². The van der Waals surface area contributed by atoms with E-state index in [0.29, 0.717) is 12.5 Å². The van der Waals surface area contributed by atoms with Crippen molar-refractivity contribution < 1.29 is 19.0 Å². The number of carbonyl (C=O) groups excluding carboxylic acids is 1. The van der Waals surface area contributed by atoms with E-state index in [1.54, 1.807) is 6.07 Å². The Bertz CT molecular complexity index is 458. The second-order valence-electron chi connectivity index (χ2n) is 4.90. The number of amides is 1. The van der Waals surface area contributed by atoms with Gasteiger partial charge in [0.05, 0.1) is 6.10 Å². The van der Waals surface area contributed by atoms with Crippen LogP contribution in [0.15, 0.2) is 18.2 Å². The van der Waals surface area contributed by atoms with Gasteiger partial charge in [0.2, 0.25) is 0 Å². The van der Waals surface area contributed by atoms with E-state index in [1.165, 1.54) is 31.9 Å². The van der Waals surface area contributed by atoms with Gasteiger partial charge in [0, 0.05) is 18.2 Å². The van der Waals surface area contributed by atoms with E-state index in [2.05, 4.69) is 5.32 Å². The average molecular weight is 267 g/mol. The predicted molar refractivity (Wildman–Crippen MR) is 68.3 cm³/mol. The minimum atomic E-state index is -0.865. The van der Waals surface area contributed by atoms with Crippen LogP contribution in [0, 0.1) is 11.7 Å². The van der Waals surface area contributed by atoms with E-state index >= 15 is 0 Å². The fourth-order valence-electron chi connectivity index (χ4n) is 1.72. The number of hydrogen-bond acceptors (Lipinski definition) is 3. The van der Waals surface area contributed by atoms with Crippen LogP contribution in [0.25, 0.3) is 0 Å². The van der Waals surface area contributed by atoms with Crippen LogP contribution in [0.5, 0.6) is 5.75 Å². The number of rotatable bonds is 6. The molecule has 1 fully saturated rings. The third-order valence-corrected chi connectivity index (χ3v) is 3.08. The Labute approximate surface area is 111 Å². The summed E-state index contributed by atoms with van der Waals surface area (Å²) >= 11 is 0. The van der Waals surface area contributed by atoms with E-state index in [-0.39, 0.29) is 23.8 Å². The lowest BCUT2D eigenvalue weighted by atomic mass is 10.1. The topological polar surface area (TPSA) is 58.6 Å². The number of nitrogens with one attached hydrogen (secondary N) is 1. The van der Waals surface area contributed by atoms with Gasteiger partial charge in [0.15, 0.2) is 6.61 Å². The highest BCUT2D eigenvalue weighted by Gasteiger charge is 2.21. The molecule has 0 saturated heterocycles. The van der Waals surface area contributed by atoms with Crippen LogP contribution in [0.2, 0.25) is 0 Å². The molecule has 1 saturated carbocycles. The Morgan fingerprint density at radius 1 is 1.58 bits per heavy atom. The van der Waals surface area contributed by atoms with Crippen molar-refractivity contribution in [1.29, 1.82) is 0 Å². The third kappa shape index (κ3) is 4.21. The van der Waals surface area contributed by atoms with Gasteiger partial charge in [-0.05, 0) is 37.8 Å². The molecule has 0 bridgehead atoms. The molecule has 0 unspecified atom stereocenters. The molecule has 1 aliphatic carbocycles. The van der Waals surface area contributed by atoms with Crippen molar-refractivity contribution >= 4 is 5.91 Å². The lowest BCUT2D eigenvalue weighted by Crippen LogP contribution is -2.30. The van der Waals surface area contributed by atoms with Crippen molar-refractivity contribution in [2.24, 2.45) is 5.92 Å². The van der Waals surface area contributed by atoms with Crippen LogP contribution in [0.4, 0.5) is 4.39 Å². The molecule has 1 amide bonds. The van der Waals surface area contributed by atoms with Gasteiger partial charge in [0.1, 0.15) is 11.6 Å². The van der Waals surface area contributed by atoms with Gasteiger partial charge in [-0.2, -0.15) is 0 Å². The Balaban J connectivity index is 1.81. The van der Waals surface area contributed by atoms with Gasteiger partial charge in [-0.25, -0.2) is 4.39 Å². The maximum absolute atomic E-state index is 13.5. The van der Waals surface area contributed by atoms with E-state index in [9.17, 15) is 14.3 Å². The Kier molecular flexibility index (Phi) is 4.37. The fourth-order valence-corrected chi connectivity index (χ4v) is 1.72. The lowest BCUT2D eigenvalue weighted by molar-refractivity contribution is -0.123. The van der Waals surface area contributed by atoms with Gasteiger partial charge in [0.25, 0.3) is 5.91 Å². The van der Waals surface area contributed by atoms with E-state index in [1.807, 2.05) is 0 Å². The largest absolute Gasteiger partial charge is 0.484 e. The monoisotopic (exact) mass is 267 g/mol. The van der Waals surface area contributed by atoms with Crippen molar-refractivity contribution in [1.82, 2.24) is 5.32 Å². The molecule has 1 aromatic carbocycles. The number of carbonyl (C=O) groups is 1. The van der Waals surface area contributed by atoms with E-state index in [4.69, 9.17) is 4.74 Å². The first-order valence-corrected chi connectivity index (χ1v) is 6.43. The predicted octanol–water partition coefficient (Wildman–Crippen LogP) is 1.78. The van der Waals surface area contributed by atoms with E-state index < -0.39 is 11.9 Å². The summed E-state index contributed by atoms with van der Waals surface area (Å²) in [6, 6.07) is 4.17. The molecule has 0 spiro atoms. The molecule has 0 aliphatic heterocycles. The van der Waals surface area contributed by atoms with Gasteiger partial charge < -0.3 is 15.2 Å². The summed E-state index contributed by atoms with van der Waals surface area (Å²) in [4.78, 5) is 11.4. The number of halogens is 1. The summed E-state index contributed by atoms with van der Waals surface area (Å²) in [5.41, 5.74) is 0.213. The first kappa shape index (κ1) is 13.8.